The summed E-state index contributed by atoms with van der Waals surface area (Å²) in [6, 6.07) is 0. The van der Waals surface area contributed by atoms with Gasteiger partial charge in [0, 0.05) is 26.2 Å². The fourth-order valence-corrected chi connectivity index (χ4v) is 3.26. The maximum Gasteiger partial charge on any atom is 0.194 e. The van der Waals surface area contributed by atoms with Gasteiger partial charge in [-0.05, 0) is 43.9 Å². The second-order valence-corrected chi connectivity index (χ2v) is 7.06. The topological polar surface area (TPSA) is 36.9 Å². The van der Waals surface area contributed by atoms with Crippen LogP contribution in [0.15, 0.2) is 4.99 Å². The third-order valence-electron chi connectivity index (χ3n) is 4.82. The van der Waals surface area contributed by atoms with Crippen LogP contribution in [0.25, 0.3) is 0 Å². The van der Waals surface area contributed by atoms with Gasteiger partial charge in [-0.3, -0.25) is 4.99 Å². The van der Waals surface area contributed by atoms with Crippen molar-refractivity contribution < 1.29 is 4.74 Å². The molecule has 1 N–H and O–H groups in total. The van der Waals surface area contributed by atoms with Crippen LogP contribution >= 0.6 is 24.0 Å². The fourth-order valence-electron chi connectivity index (χ4n) is 3.26. The Hall–Kier alpha value is -0.0400. The SMILES string of the molecule is CCNC(=NCCOCCC(C)C)N1CCC2(CCC2)C1.I. The largest absolute Gasteiger partial charge is 0.380 e. The molecule has 130 valence electrons. The zero-order valence-electron chi connectivity index (χ0n) is 14.6. The Bertz CT molecular complexity index is 343. The first-order valence-electron chi connectivity index (χ1n) is 8.76. The van der Waals surface area contributed by atoms with E-state index in [1.165, 1.54) is 38.8 Å². The summed E-state index contributed by atoms with van der Waals surface area (Å²) in [6.07, 6.45) is 6.74. The first-order chi connectivity index (χ1) is 10.2. The van der Waals surface area contributed by atoms with Gasteiger partial charge in [-0.15, -0.1) is 24.0 Å². The average Bonchev–Trinajstić information content (AvgIpc) is 2.86. The van der Waals surface area contributed by atoms with E-state index in [4.69, 9.17) is 9.73 Å². The van der Waals surface area contributed by atoms with Crippen molar-refractivity contribution in [2.24, 2.45) is 16.3 Å². The molecule has 1 saturated heterocycles. The smallest absolute Gasteiger partial charge is 0.194 e. The molecule has 5 heteroatoms. The van der Waals surface area contributed by atoms with Crippen molar-refractivity contribution in [3.63, 3.8) is 0 Å². The molecule has 0 atom stereocenters. The van der Waals surface area contributed by atoms with E-state index in [0.29, 0.717) is 11.3 Å². The lowest BCUT2D eigenvalue weighted by Crippen LogP contribution is -2.42. The zero-order chi connectivity index (χ0) is 15.1. The summed E-state index contributed by atoms with van der Waals surface area (Å²) in [5.41, 5.74) is 0.629. The van der Waals surface area contributed by atoms with E-state index in [2.05, 4.69) is 31.0 Å². The molecule has 2 aliphatic rings. The van der Waals surface area contributed by atoms with Gasteiger partial charge in [-0.1, -0.05) is 20.3 Å². The normalized spacial score (nSPS) is 20.2. The van der Waals surface area contributed by atoms with Crippen LogP contribution in [0.5, 0.6) is 0 Å². The molecular weight excluding hydrogens is 389 g/mol. The summed E-state index contributed by atoms with van der Waals surface area (Å²) in [4.78, 5) is 7.20. The van der Waals surface area contributed by atoms with Crippen LogP contribution in [0, 0.1) is 11.3 Å². The van der Waals surface area contributed by atoms with Crippen molar-refractivity contribution in [3.05, 3.63) is 0 Å². The number of halogens is 1. The number of rotatable bonds is 7. The second-order valence-electron chi connectivity index (χ2n) is 7.06. The molecule has 0 aromatic rings. The number of nitrogens with zero attached hydrogens (tertiary/aromatic N) is 2. The van der Waals surface area contributed by atoms with E-state index in [1.54, 1.807) is 0 Å². The summed E-state index contributed by atoms with van der Waals surface area (Å²) in [5.74, 6) is 1.81. The standard InChI is InChI=1S/C17H33N3O.HI/c1-4-18-16(19-10-13-21-12-6-15(2)3)20-11-9-17(14-20)7-5-8-17;/h15H,4-14H2,1-3H3,(H,18,19);1H. The lowest BCUT2D eigenvalue weighted by molar-refractivity contribution is 0.130. The van der Waals surface area contributed by atoms with Gasteiger partial charge in [-0.2, -0.15) is 0 Å². The molecule has 0 unspecified atom stereocenters. The molecule has 0 aromatic heterocycles. The highest BCUT2D eigenvalue weighted by Crippen LogP contribution is 2.47. The minimum atomic E-state index is 0. The highest BCUT2D eigenvalue weighted by Gasteiger charge is 2.43. The Labute approximate surface area is 153 Å². The molecule has 1 spiro atoms. The number of likely N-dealkylation sites (tertiary alicyclic amines) is 1. The molecule has 1 aliphatic carbocycles. The average molecular weight is 423 g/mol. The molecule has 1 heterocycles. The molecule has 2 fully saturated rings. The lowest BCUT2D eigenvalue weighted by atomic mass is 9.68. The molecule has 1 saturated carbocycles. The van der Waals surface area contributed by atoms with Gasteiger partial charge < -0.3 is 15.0 Å². The van der Waals surface area contributed by atoms with Gasteiger partial charge in [0.2, 0.25) is 0 Å². The molecule has 1 aliphatic heterocycles. The number of hydrogen-bond acceptors (Lipinski definition) is 2. The van der Waals surface area contributed by atoms with Crippen LogP contribution in [-0.4, -0.2) is 50.3 Å². The minimum Gasteiger partial charge on any atom is -0.380 e. The predicted molar refractivity (Wildman–Crippen MR) is 104 cm³/mol. The van der Waals surface area contributed by atoms with Gasteiger partial charge >= 0.3 is 0 Å². The lowest BCUT2D eigenvalue weighted by Gasteiger charge is -2.38. The van der Waals surface area contributed by atoms with Crippen molar-refractivity contribution in [2.75, 3.05) is 39.4 Å². The third kappa shape index (κ3) is 5.87. The van der Waals surface area contributed by atoms with Crippen LogP contribution in [0.2, 0.25) is 0 Å². The Morgan fingerprint density at radius 3 is 2.59 bits per heavy atom. The van der Waals surface area contributed by atoms with Crippen LogP contribution in [0.4, 0.5) is 0 Å². The maximum atomic E-state index is 5.66. The van der Waals surface area contributed by atoms with Crippen molar-refractivity contribution in [1.29, 1.82) is 0 Å². The van der Waals surface area contributed by atoms with Gasteiger partial charge in [0.1, 0.15) is 0 Å². The Kier molecular flexibility index (Phi) is 9.05. The minimum absolute atomic E-state index is 0. The number of aliphatic imine (C=N–C) groups is 1. The zero-order valence-corrected chi connectivity index (χ0v) is 16.9. The third-order valence-corrected chi connectivity index (χ3v) is 4.82. The monoisotopic (exact) mass is 423 g/mol. The summed E-state index contributed by atoms with van der Waals surface area (Å²) in [7, 11) is 0. The molecule has 0 bridgehead atoms. The van der Waals surface area contributed by atoms with Crippen molar-refractivity contribution in [1.82, 2.24) is 10.2 Å². The van der Waals surface area contributed by atoms with Crippen molar-refractivity contribution in [3.8, 4) is 0 Å². The highest BCUT2D eigenvalue weighted by atomic mass is 127. The molecule has 0 amide bonds. The molecule has 0 radical (unpaired) electrons. The van der Waals surface area contributed by atoms with Crippen molar-refractivity contribution in [2.45, 2.75) is 52.9 Å². The predicted octanol–water partition coefficient (Wildman–Crippen LogP) is 3.51. The summed E-state index contributed by atoms with van der Waals surface area (Å²) < 4.78 is 5.66. The van der Waals surface area contributed by atoms with Crippen molar-refractivity contribution >= 4 is 29.9 Å². The summed E-state index contributed by atoms with van der Waals surface area (Å²) >= 11 is 0. The van der Waals surface area contributed by atoms with Gasteiger partial charge in [-0.25, -0.2) is 0 Å². The highest BCUT2D eigenvalue weighted by molar-refractivity contribution is 14.0. The molecule has 22 heavy (non-hydrogen) atoms. The first-order valence-corrected chi connectivity index (χ1v) is 8.76. The molecular formula is C17H34IN3O. The van der Waals surface area contributed by atoms with E-state index < -0.39 is 0 Å². The fraction of sp³-hybridized carbons (Fsp3) is 0.941. The van der Waals surface area contributed by atoms with E-state index in [9.17, 15) is 0 Å². The number of guanidine groups is 1. The summed E-state index contributed by atoms with van der Waals surface area (Å²) in [6.45, 7) is 12.3. The van der Waals surface area contributed by atoms with Gasteiger partial charge in [0.25, 0.3) is 0 Å². The summed E-state index contributed by atoms with van der Waals surface area (Å²) in [5, 5.41) is 3.44. The molecule has 2 rings (SSSR count). The Morgan fingerprint density at radius 1 is 1.27 bits per heavy atom. The maximum absolute atomic E-state index is 5.66. The van der Waals surface area contributed by atoms with E-state index in [1.807, 2.05) is 0 Å². The molecule has 4 nitrogen and oxygen atoms in total. The Balaban J connectivity index is 0.00000242. The Morgan fingerprint density at radius 2 is 2.05 bits per heavy atom. The quantitative estimate of drug-likeness (QED) is 0.295. The van der Waals surface area contributed by atoms with Gasteiger partial charge in [0.05, 0.1) is 13.2 Å². The van der Waals surface area contributed by atoms with Crippen LogP contribution in [-0.2, 0) is 4.74 Å². The van der Waals surface area contributed by atoms with Crippen LogP contribution < -0.4 is 5.32 Å². The van der Waals surface area contributed by atoms with Crippen LogP contribution in [0.1, 0.15) is 52.9 Å². The number of ether oxygens (including phenoxy) is 1. The number of nitrogens with one attached hydrogen (secondary N) is 1. The first kappa shape index (κ1) is 20.0. The van der Waals surface area contributed by atoms with E-state index >= 15 is 0 Å². The van der Waals surface area contributed by atoms with Crippen LogP contribution in [0.3, 0.4) is 0 Å². The van der Waals surface area contributed by atoms with E-state index in [-0.39, 0.29) is 24.0 Å². The molecule has 0 aromatic carbocycles. The number of hydrogen-bond donors (Lipinski definition) is 1. The second kappa shape index (κ2) is 9.96. The van der Waals surface area contributed by atoms with Gasteiger partial charge in [0.15, 0.2) is 5.96 Å². The van der Waals surface area contributed by atoms with E-state index in [0.717, 1.165) is 38.7 Å².